The van der Waals surface area contributed by atoms with Gasteiger partial charge in [-0.3, -0.25) is 14.8 Å². The van der Waals surface area contributed by atoms with E-state index in [0.29, 0.717) is 18.2 Å². The lowest BCUT2D eigenvalue weighted by molar-refractivity contribution is -0.384. The molecule has 0 unspecified atom stereocenters. The molecule has 0 aliphatic carbocycles. The van der Waals surface area contributed by atoms with Crippen LogP contribution in [-0.2, 0) is 6.54 Å². The minimum atomic E-state index is -0.426. The second kappa shape index (κ2) is 7.08. The molecule has 1 aromatic carbocycles. The first-order valence-electron chi connectivity index (χ1n) is 7.85. The molecule has 0 saturated carbocycles. The second-order valence-corrected chi connectivity index (χ2v) is 5.73. The van der Waals surface area contributed by atoms with Crippen molar-refractivity contribution in [2.24, 2.45) is 0 Å². The van der Waals surface area contributed by atoms with Crippen LogP contribution in [0.5, 0.6) is 0 Å². The van der Waals surface area contributed by atoms with Crippen LogP contribution in [0.1, 0.15) is 11.3 Å². The van der Waals surface area contributed by atoms with Crippen LogP contribution in [-0.4, -0.2) is 31.2 Å². The Balaban J connectivity index is 1.72. The van der Waals surface area contributed by atoms with Gasteiger partial charge < -0.3 is 5.32 Å². The number of anilines is 1. The highest BCUT2D eigenvalue weighted by molar-refractivity contribution is 5.59. The number of nitrogens with one attached hydrogen (secondary N) is 1. The molecule has 8 nitrogen and oxygen atoms in total. The Bertz CT molecular complexity index is 888. The highest BCUT2D eigenvalue weighted by Gasteiger charge is 2.09. The topological polar surface area (TPSA) is 98.8 Å². The molecular formula is C17H18N6O2. The fourth-order valence-electron chi connectivity index (χ4n) is 2.41. The van der Waals surface area contributed by atoms with Gasteiger partial charge >= 0.3 is 0 Å². The van der Waals surface area contributed by atoms with Crippen LogP contribution in [0.3, 0.4) is 0 Å². The molecule has 2 aromatic heterocycles. The van der Waals surface area contributed by atoms with Crippen LogP contribution in [0.4, 0.5) is 11.5 Å². The lowest BCUT2D eigenvalue weighted by atomic mass is 10.2. The van der Waals surface area contributed by atoms with Crippen LogP contribution in [0, 0.1) is 24.0 Å². The Labute approximate surface area is 144 Å². The van der Waals surface area contributed by atoms with Crippen LogP contribution in [0.2, 0.25) is 0 Å². The third-order valence-electron chi connectivity index (χ3n) is 3.60. The van der Waals surface area contributed by atoms with Gasteiger partial charge in [-0.2, -0.15) is 5.10 Å². The van der Waals surface area contributed by atoms with Crippen molar-refractivity contribution in [2.75, 3.05) is 11.9 Å². The Kier molecular flexibility index (Phi) is 4.69. The van der Waals surface area contributed by atoms with Crippen molar-refractivity contribution >= 4 is 11.5 Å². The summed E-state index contributed by atoms with van der Waals surface area (Å²) in [7, 11) is 0. The molecule has 128 valence electrons. The zero-order chi connectivity index (χ0) is 17.8. The van der Waals surface area contributed by atoms with E-state index >= 15 is 0 Å². The van der Waals surface area contributed by atoms with Crippen molar-refractivity contribution in [3.63, 3.8) is 0 Å². The SMILES string of the molecule is Cc1cnn(CCNc2cc(C)nc(-c3ccc([N+](=O)[O-])cc3)n2)c1. The Hall–Kier alpha value is -3.29. The zero-order valence-corrected chi connectivity index (χ0v) is 14.0. The maximum absolute atomic E-state index is 10.8. The summed E-state index contributed by atoms with van der Waals surface area (Å²) >= 11 is 0. The summed E-state index contributed by atoms with van der Waals surface area (Å²) in [4.78, 5) is 19.2. The van der Waals surface area contributed by atoms with E-state index in [4.69, 9.17) is 0 Å². The second-order valence-electron chi connectivity index (χ2n) is 5.73. The van der Waals surface area contributed by atoms with Crippen LogP contribution < -0.4 is 5.32 Å². The van der Waals surface area contributed by atoms with E-state index in [1.54, 1.807) is 12.1 Å². The minimum absolute atomic E-state index is 0.0456. The third kappa shape index (κ3) is 4.17. The molecule has 0 amide bonds. The van der Waals surface area contributed by atoms with Gasteiger partial charge in [0.05, 0.1) is 17.7 Å². The molecule has 3 rings (SSSR count). The van der Waals surface area contributed by atoms with Gasteiger partial charge in [-0.15, -0.1) is 0 Å². The predicted octanol–water partition coefficient (Wildman–Crippen LogP) is 2.98. The van der Waals surface area contributed by atoms with Gasteiger partial charge in [0.2, 0.25) is 0 Å². The van der Waals surface area contributed by atoms with E-state index < -0.39 is 4.92 Å². The Morgan fingerprint density at radius 1 is 1.20 bits per heavy atom. The lowest BCUT2D eigenvalue weighted by Gasteiger charge is -2.09. The molecule has 0 fully saturated rings. The predicted molar refractivity (Wildman–Crippen MR) is 94.3 cm³/mol. The van der Waals surface area contributed by atoms with Crippen molar-refractivity contribution in [2.45, 2.75) is 20.4 Å². The fourth-order valence-corrected chi connectivity index (χ4v) is 2.41. The lowest BCUT2D eigenvalue weighted by Crippen LogP contribution is -2.12. The summed E-state index contributed by atoms with van der Waals surface area (Å²) in [5.41, 5.74) is 2.73. The highest BCUT2D eigenvalue weighted by Crippen LogP contribution is 2.21. The summed E-state index contributed by atoms with van der Waals surface area (Å²) in [6.45, 7) is 5.29. The molecule has 0 aliphatic heterocycles. The van der Waals surface area contributed by atoms with Gasteiger partial charge in [0.15, 0.2) is 5.82 Å². The number of hydrogen-bond donors (Lipinski definition) is 1. The van der Waals surface area contributed by atoms with Crippen molar-refractivity contribution in [3.05, 3.63) is 64.1 Å². The van der Waals surface area contributed by atoms with Crippen molar-refractivity contribution < 1.29 is 4.92 Å². The van der Waals surface area contributed by atoms with Crippen LogP contribution >= 0.6 is 0 Å². The molecule has 3 aromatic rings. The molecule has 2 heterocycles. The number of rotatable bonds is 6. The first kappa shape index (κ1) is 16.6. The Morgan fingerprint density at radius 3 is 2.60 bits per heavy atom. The maximum Gasteiger partial charge on any atom is 0.269 e. The first-order chi connectivity index (χ1) is 12.0. The van der Waals surface area contributed by atoms with E-state index in [1.807, 2.05) is 37.0 Å². The number of nitro benzene ring substituents is 1. The monoisotopic (exact) mass is 338 g/mol. The number of non-ortho nitro benzene ring substituents is 1. The largest absolute Gasteiger partial charge is 0.368 e. The quantitative estimate of drug-likeness (QED) is 0.548. The molecule has 0 spiro atoms. The van der Waals surface area contributed by atoms with E-state index in [-0.39, 0.29) is 5.69 Å². The van der Waals surface area contributed by atoms with E-state index in [2.05, 4.69) is 20.4 Å². The first-order valence-corrected chi connectivity index (χ1v) is 7.85. The van der Waals surface area contributed by atoms with Crippen molar-refractivity contribution in [1.82, 2.24) is 19.7 Å². The van der Waals surface area contributed by atoms with Crippen molar-refractivity contribution in [1.29, 1.82) is 0 Å². The average molecular weight is 338 g/mol. The van der Waals surface area contributed by atoms with E-state index in [9.17, 15) is 10.1 Å². The highest BCUT2D eigenvalue weighted by atomic mass is 16.6. The third-order valence-corrected chi connectivity index (χ3v) is 3.60. The van der Waals surface area contributed by atoms with Gasteiger partial charge in [0.1, 0.15) is 5.82 Å². The van der Waals surface area contributed by atoms with E-state index in [1.165, 1.54) is 12.1 Å². The van der Waals surface area contributed by atoms with Crippen molar-refractivity contribution in [3.8, 4) is 11.4 Å². The number of hydrogen-bond acceptors (Lipinski definition) is 6. The van der Waals surface area contributed by atoms with Crippen LogP contribution in [0.25, 0.3) is 11.4 Å². The Morgan fingerprint density at radius 2 is 1.96 bits per heavy atom. The molecule has 8 heteroatoms. The molecule has 0 radical (unpaired) electrons. The molecule has 0 bridgehead atoms. The smallest absolute Gasteiger partial charge is 0.269 e. The van der Waals surface area contributed by atoms with Crippen LogP contribution in [0.15, 0.2) is 42.7 Å². The molecule has 0 saturated heterocycles. The molecule has 0 aliphatic rings. The fraction of sp³-hybridized carbons (Fsp3) is 0.235. The summed E-state index contributed by atoms with van der Waals surface area (Å²) in [6.07, 6.45) is 3.80. The molecule has 25 heavy (non-hydrogen) atoms. The molecule has 1 N–H and O–H groups in total. The molecule has 0 atom stereocenters. The minimum Gasteiger partial charge on any atom is -0.368 e. The summed E-state index contributed by atoms with van der Waals surface area (Å²) in [6, 6.07) is 8.08. The van der Waals surface area contributed by atoms with E-state index in [0.717, 1.165) is 23.4 Å². The van der Waals surface area contributed by atoms with Gasteiger partial charge in [-0.1, -0.05) is 0 Å². The summed E-state index contributed by atoms with van der Waals surface area (Å²) < 4.78 is 1.87. The number of benzene rings is 1. The normalized spacial score (nSPS) is 10.6. The summed E-state index contributed by atoms with van der Waals surface area (Å²) in [5, 5.41) is 18.3. The van der Waals surface area contributed by atoms with Gasteiger partial charge in [-0.05, 0) is 31.5 Å². The average Bonchev–Trinajstić information content (AvgIpc) is 3.00. The van der Waals surface area contributed by atoms with Gasteiger partial charge in [0.25, 0.3) is 5.69 Å². The van der Waals surface area contributed by atoms with Gasteiger partial charge in [0, 0.05) is 42.2 Å². The maximum atomic E-state index is 10.8. The number of nitro groups is 1. The number of aromatic nitrogens is 4. The standard InChI is InChI=1S/C17H18N6O2/c1-12-10-19-22(11-12)8-7-18-16-9-13(2)20-17(21-16)14-3-5-15(6-4-14)23(24)25/h3-6,9-11H,7-8H2,1-2H3,(H,18,20,21). The summed E-state index contributed by atoms with van der Waals surface area (Å²) in [5.74, 6) is 1.25. The van der Waals surface area contributed by atoms with Gasteiger partial charge in [-0.25, -0.2) is 9.97 Å². The molecular weight excluding hydrogens is 320 g/mol. The zero-order valence-electron chi connectivity index (χ0n) is 14.0. The number of nitrogens with zero attached hydrogens (tertiary/aromatic N) is 5. The number of aryl methyl sites for hydroxylation is 2.